The Hall–Kier alpha value is 0.314. The van der Waals surface area contributed by atoms with E-state index in [0.717, 1.165) is 19.6 Å². The molecule has 3 nitrogen and oxygen atoms in total. The topological polar surface area (TPSA) is 30.5 Å². The molecule has 1 fully saturated rings. The van der Waals surface area contributed by atoms with Crippen molar-refractivity contribution in [3.8, 4) is 0 Å². The molecule has 1 heterocycles. The van der Waals surface area contributed by atoms with Gasteiger partial charge in [0.1, 0.15) is 0 Å². The molecule has 0 spiro atoms. The van der Waals surface area contributed by atoms with Crippen LogP contribution in [-0.4, -0.2) is 41.9 Å². The molecule has 1 aliphatic heterocycles. The standard InChI is InChI=1S/C17H39NO2Si2/c1-16(2,3)21(7,8)19-13-14-15(11-12-18-14)20-22(9,10)17(4,5)6/h14-15,18H,11-13H2,1-10H3/t14-,15+/m0/s1. The highest BCUT2D eigenvalue weighted by Gasteiger charge is 2.43. The molecule has 2 atom stereocenters. The molecule has 0 radical (unpaired) electrons. The molecule has 0 saturated carbocycles. The Bertz CT molecular complexity index is 370. The van der Waals surface area contributed by atoms with Crippen molar-refractivity contribution in [3.05, 3.63) is 0 Å². The van der Waals surface area contributed by atoms with Crippen LogP contribution in [-0.2, 0) is 8.85 Å². The van der Waals surface area contributed by atoms with Crippen LogP contribution in [0.3, 0.4) is 0 Å². The second kappa shape index (κ2) is 6.67. The number of hydrogen-bond donors (Lipinski definition) is 1. The Labute approximate surface area is 140 Å². The molecule has 1 saturated heterocycles. The lowest BCUT2D eigenvalue weighted by molar-refractivity contribution is 0.130. The summed E-state index contributed by atoms with van der Waals surface area (Å²) >= 11 is 0. The van der Waals surface area contributed by atoms with Crippen LogP contribution in [0.5, 0.6) is 0 Å². The van der Waals surface area contributed by atoms with Crippen molar-refractivity contribution in [2.24, 2.45) is 0 Å². The summed E-state index contributed by atoms with van der Waals surface area (Å²) < 4.78 is 13.1. The van der Waals surface area contributed by atoms with E-state index in [4.69, 9.17) is 8.85 Å². The van der Waals surface area contributed by atoms with E-state index in [2.05, 4.69) is 73.0 Å². The van der Waals surface area contributed by atoms with Gasteiger partial charge in [0.05, 0.1) is 18.8 Å². The van der Waals surface area contributed by atoms with E-state index >= 15 is 0 Å². The van der Waals surface area contributed by atoms with E-state index in [0.29, 0.717) is 12.1 Å². The summed E-state index contributed by atoms with van der Waals surface area (Å²) in [7, 11) is -3.39. The molecular formula is C17H39NO2Si2. The number of rotatable bonds is 5. The van der Waals surface area contributed by atoms with E-state index in [1.165, 1.54) is 0 Å². The lowest BCUT2D eigenvalue weighted by Gasteiger charge is -2.41. The van der Waals surface area contributed by atoms with Crippen LogP contribution in [0.4, 0.5) is 0 Å². The molecular weight excluding hydrogens is 306 g/mol. The molecule has 1 aliphatic rings. The molecule has 132 valence electrons. The van der Waals surface area contributed by atoms with Crippen molar-refractivity contribution >= 4 is 16.6 Å². The van der Waals surface area contributed by atoms with Gasteiger partial charge < -0.3 is 14.2 Å². The Morgan fingerprint density at radius 3 is 1.86 bits per heavy atom. The van der Waals surface area contributed by atoms with Crippen molar-refractivity contribution in [3.63, 3.8) is 0 Å². The van der Waals surface area contributed by atoms with E-state index in [1.807, 2.05) is 0 Å². The van der Waals surface area contributed by atoms with E-state index in [1.54, 1.807) is 0 Å². The third kappa shape index (κ3) is 4.90. The summed E-state index contributed by atoms with van der Waals surface area (Å²) in [5.41, 5.74) is 0. The fourth-order valence-corrected chi connectivity index (χ4v) is 4.54. The lowest BCUT2D eigenvalue weighted by Crippen LogP contribution is -2.50. The molecule has 1 N–H and O–H groups in total. The second-order valence-corrected chi connectivity index (χ2v) is 19.4. The van der Waals surface area contributed by atoms with Gasteiger partial charge in [-0.3, -0.25) is 0 Å². The smallest absolute Gasteiger partial charge is 0.192 e. The third-order valence-electron chi connectivity index (χ3n) is 5.97. The first-order chi connectivity index (χ1) is 9.67. The monoisotopic (exact) mass is 345 g/mol. The Kier molecular flexibility index (Phi) is 6.17. The molecule has 0 aromatic heterocycles. The molecule has 0 aromatic rings. The van der Waals surface area contributed by atoms with Gasteiger partial charge in [0.25, 0.3) is 0 Å². The lowest BCUT2D eigenvalue weighted by atomic mass is 10.2. The molecule has 0 aromatic carbocycles. The molecule has 0 unspecified atom stereocenters. The first-order valence-electron chi connectivity index (χ1n) is 8.72. The molecule has 0 amide bonds. The van der Waals surface area contributed by atoms with Gasteiger partial charge in [-0.2, -0.15) is 0 Å². The van der Waals surface area contributed by atoms with Crippen molar-refractivity contribution in [2.75, 3.05) is 13.2 Å². The highest BCUT2D eigenvalue weighted by molar-refractivity contribution is 6.74. The van der Waals surface area contributed by atoms with E-state index in [-0.39, 0.29) is 10.1 Å². The van der Waals surface area contributed by atoms with Gasteiger partial charge in [-0.15, -0.1) is 0 Å². The van der Waals surface area contributed by atoms with Gasteiger partial charge in [0.15, 0.2) is 16.6 Å². The predicted octanol–water partition coefficient (Wildman–Crippen LogP) is 4.76. The number of hydrogen-bond acceptors (Lipinski definition) is 3. The van der Waals surface area contributed by atoms with Crippen LogP contribution < -0.4 is 5.32 Å². The van der Waals surface area contributed by atoms with Crippen LogP contribution in [0.2, 0.25) is 36.3 Å². The second-order valence-electron chi connectivity index (χ2n) is 9.84. The van der Waals surface area contributed by atoms with Crippen LogP contribution >= 0.6 is 0 Å². The summed E-state index contributed by atoms with van der Waals surface area (Å²) in [4.78, 5) is 0. The first kappa shape index (κ1) is 20.4. The largest absolute Gasteiger partial charge is 0.415 e. The van der Waals surface area contributed by atoms with Gasteiger partial charge in [-0.1, -0.05) is 41.5 Å². The first-order valence-corrected chi connectivity index (χ1v) is 14.5. The summed E-state index contributed by atoms with van der Waals surface area (Å²) in [6.07, 6.45) is 1.42. The summed E-state index contributed by atoms with van der Waals surface area (Å²) in [6, 6.07) is 0.350. The zero-order valence-corrected chi connectivity index (χ0v) is 18.6. The van der Waals surface area contributed by atoms with Gasteiger partial charge in [0.2, 0.25) is 0 Å². The quantitative estimate of drug-likeness (QED) is 0.729. The van der Waals surface area contributed by atoms with Crippen molar-refractivity contribution in [1.82, 2.24) is 5.32 Å². The Morgan fingerprint density at radius 2 is 1.41 bits per heavy atom. The Balaban J connectivity index is 2.65. The molecule has 0 aliphatic carbocycles. The van der Waals surface area contributed by atoms with E-state index < -0.39 is 16.6 Å². The van der Waals surface area contributed by atoms with Crippen LogP contribution in [0.25, 0.3) is 0 Å². The highest BCUT2D eigenvalue weighted by atomic mass is 28.4. The maximum absolute atomic E-state index is 6.64. The molecule has 5 heteroatoms. The Morgan fingerprint density at radius 1 is 0.909 bits per heavy atom. The minimum Gasteiger partial charge on any atom is -0.415 e. The van der Waals surface area contributed by atoms with E-state index in [9.17, 15) is 0 Å². The van der Waals surface area contributed by atoms with Gasteiger partial charge >= 0.3 is 0 Å². The third-order valence-corrected chi connectivity index (χ3v) is 15.0. The average Bonchev–Trinajstić information content (AvgIpc) is 2.70. The fraction of sp³-hybridized carbons (Fsp3) is 1.00. The van der Waals surface area contributed by atoms with Crippen LogP contribution in [0, 0.1) is 0 Å². The van der Waals surface area contributed by atoms with Crippen molar-refractivity contribution in [2.45, 2.75) is 96.4 Å². The fourth-order valence-electron chi connectivity index (χ4n) is 2.12. The van der Waals surface area contributed by atoms with Crippen molar-refractivity contribution < 1.29 is 8.85 Å². The van der Waals surface area contributed by atoms with Crippen molar-refractivity contribution in [1.29, 1.82) is 0 Å². The number of nitrogens with one attached hydrogen (secondary N) is 1. The zero-order chi connectivity index (χ0) is 17.4. The molecule has 1 rings (SSSR count). The summed E-state index contributed by atoms with van der Waals surface area (Å²) in [5.74, 6) is 0. The minimum absolute atomic E-state index is 0.264. The maximum atomic E-state index is 6.64. The SMILES string of the molecule is CC(C)(C)[Si](C)(C)OC[C@@H]1NCC[C@H]1O[Si](C)(C)C(C)(C)C. The van der Waals surface area contributed by atoms with Gasteiger partial charge in [-0.25, -0.2) is 0 Å². The van der Waals surface area contributed by atoms with Gasteiger partial charge in [0, 0.05) is 0 Å². The highest BCUT2D eigenvalue weighted by Crippen LogP contribution is 2.39. The maximum Gasteiger partial charge on any atom is 0.192 e. The minimum atomic E-state index is -1.71. The summed E-state index contributed by atoms with van der Waals surface area (Å²) in [6.45, 7) is 25.0. The predicted molar refractivity (Wildman–Crippen MR) is 102 cm³/mol. The zero-order valence-electron chi connectivity index (χ0n) is 16.6. The van der Waals surface area contributed by atoms with Crippen LogP contribution in [0.1, 0.15) is 48.0 Å². The molecule has 22 heavy (non-hydrogen) atoms. The normalized spacial score (nSPS) is 24.8. The average molecular weight is 346 g/mol. The summed E-state index contributed by atoms with van der Waals surface area (Å²) in [5, 5.41) is 4.13. The molecule has 0 bridgehead atoms. The van der Waals surface area contributed by atoms with Crippen LogP contribution in [0.15, 0.2) is 0 Å². The van der Waals surface area contributed by atoms with Gasteiger partial charge in [-0.05, 0) is 49.2 Å².